The molecule has 0 bridgehead atoms. The van der Waals surface area contributed by atoms with Crippen molar-refractivity contribution in [2.45, 2.75) is 51.4 Å². The van der Waals surface area contributed by atoms with E-state index < -0.39 is 8.32 Å². The second kappa shape index (κ2) is 6.16. The molecule has 108 valence electrons. The van der Waals surface area contributed by atoms with Gasteiger partial charge >= 0.3 is 0 Å². The Morgan fingerprint density at radius 2 is 1.74 bits per heavy atom. The molecular weight excluding hydrogens is 257 g/mol. The van der Waals surface area contributed by atoms with Gasteiger partial charge in [0.2, 0.25) is 0 Å². The molecule has 0 saturated carbocycles. The predicted molar refractivity (Wildman–Crippen MR) is 81.1 cm³/mol. The first kappa shape index (κ1) is 16.3. The minimum Gasteiger partial charge on any atom is -0.410 e. The van der Waals surface area contributed by atoms with Crippen LogP contribution in [0.3, 0.4) is 0 Å². The summed E-state index contributed by atoms with van der Waals surface area (Å²) in [5.41, 5.74) is 6.70. The number of halogens is 1. The molecule has 1 unspecified atom stereocenters. The zero-order valence-corrected chi connectivity index (χ0v) is 13.7. The summed E-state index contributed by atoms with van der Waals surface area (Å²) in [7, 11) is -1.85. The summed E-state index contributed by atoms with van der Waals surface area (Å²) in [4.78, 5) is 0. The lowest BCUT2D eigenvalue weighted by atomic mass is 10.1. The minimum absolute atomic E-state index is 0.0357. The molecular formula is C15H26FNOSi. The summed E-state index contributed by atoms with van der Waals surface area (Å²) >= 11 is 0. The molecule has 0 amide bonds. The van der Waals surface area contributed by atoms with Crippen LogP contribution < -0.4 is 5.73 Å². The van der Waals surface area contributed by atoms with E-state index in [2.05, 4.69) is 33.9 Å². The third-order valence-corrected chi connectivity index (χ3v) is 8.40. The summed E-state index contributed by atoms with van der Waals surface area (Å²) in [5, 5.41) is 0.153. The lowest BCUT2D eigenvalue weighted by molar-refractivity contribution is 0.176. The highest BCUT2D eigenvalue weighted by molar-refractivity contribution is 6.74. The van der Waals surface area contributed by atoms with Crippen LogP contribution in [0.5, 0.6) is 0 Å². The molecule has 0 spiro atoms. The second-order valence-electron chi connectivity index (χ2n) is 6.50. The number of nitrogens with two attached hydrogens (primary N) is 1. The van der Waals surface area contributed by atoms with Crippen molar-refractivity contribution < 1.29 is 8.82 Å². The quantitative estimate of drug-likeness (QED) is 0.820. The van der Waals surface area contributed by atoms with Crippen LogP contribution in [0.25, 0.3) is 0 Å². The maximum atomic E-state index is 13.0. The minimum atomic E-state index is -1.85. The Kier molecular flexibility index (Phi) is 5.30. The van der Waals surface area contributed by atoms with Crippen molar-refractivity contribution in [3.05, 3.63) is 35.6 Å². The van der Waals surface area contributed by atoms with Gasteiger partial charge in [-0.05, 0) is 48.8 Å². The van der Waals surface area contributed by atoms with Crippen LogP contribution in [-0.4, -0.2) is 14.9 Å². The van der Waals surface area contributed by atoms with E-state index in [4.69, 9.17) is 10.2 Å². The number of benzene rings is 1. The molecule has 1 atom stereocenters. The molecule has 0 radical (unpaired) electrons. The van der Waals surface area contributed by atoms with Gasteiger partial charge in [-0.15, -0.1) is 0 Å². The normalized spacial score (nSPS) is 14.5. The molecule has 0 fully saturated rings. The molecule has 1 aromatic carbocycles. The summed E-state index contributed by atoms with van der Waals surface area (Å²) in [5.74, 6) is -0.220. The second-order valence-corrected chi connectivity index (χ2v) is 11.3. The molecule has 0 aliphatic rings. The Labute approximate surface area is 117 Å². The van der Waals surface area contributed by atoms with Gasteiger partial charge in [0.05, 0.1) is 6.10 Å². The molecule has 1 aromatic rings. The molecule has 1 rings (SSSR count). The average molecular weight is 283 g/mol. The molecule has 0 heterocycles. The maximum Gasteiger partial charge on any atom is 0.192 e. The zero-order valence-electron chi connectivity index (χ0n) is 12.7. The van der Waals surface area contributed by atoms with Crippen molar-refractivity contribution in [3.8, 4) is 0 Å². The molecule has 2 nitrogen and oxygen atoms in total. The van der Waals surface area contributed by atoms with Gasteiger partial charge in [-0.3, -0.25) is 0 Å². The molecule has 0 aliphatic carbocycles. The van der Waals surface area contributed by atoms with E-state index in [0.29, 0.717) is 6.54 Å². The lowest BCUT2D eigenvalue weighted by Gasteiger charge is -2.39. The predicted octanol–water partition coefficient (Wildman–Crippen LogP) is 4.24. The highest BCUT2D eigenvalue weighted by Crippen LogP contribution is 2.40. The van der Waals surface area contributed by atoms with Gasteiger partial charge in [-0.25, -0.2) is 4.39 Å². The van der Waals surface area contributed by atoms with Gasteiger partial charge < -0.3 is 10.2 Å². The highest BCUT2D eigenvalue weighted by Gasteiger charge is 2.39. The number of rotatable bonds is 5. The van der Waals surface area contributed by atoms with Crippen LogP contribution >= 0.6 is 0 Å². The Hall–Kier alpha value is -0.713. The van der Waals surface area contributed by atoms with Crippen LogP contribution in [-0.2, 0) is 4.43 Å². The molecule has 0 saturated heterocycles. The Balaban J connectivity index is 2.93. The van der Waals surface area contributed by atoms with Gasteiger partial charge in [0.25, 0.3) is 0 Å². The van der Waals surface area contributed by atoms with E-state index in [9.17, 15) is 4.39 Å². The largest absolute Gasteiger partial charge is 0.410 e. The first-order chi connectivity index (χ1) is 8.67. The Bertz CT molecular complexity index is 398. The van der Waals surface area contributed by atoms with Crippen molar-refractivity contribution in [2.75, 3.05) is 6.54 Å². The fourth-order valence-corrected chi connectivity index (χ4v) is 2.97. The van der Waals surface area contributed by atoms with E-state index in [1.54, 1.807) is 12.1 Å². The fraction of sp³-hybridized carbons (Fsp3) is 0.600. The zero-order chi connectivity index (χ0) is 14.7. The van der Waals surface area contributed by atoms with Crippen molar-refractivity contribution in [1.82, 2.24) is 0 Å². The van der Waals surface area contributed by atoms with Crippen LogP contribution in [0.15, 0.2) is 24.3 Å². The van der Waals surface area contributed by atoms with Crippen LogP contribution in [0.1, 0.15) is 38.9 Å². The van der Waals surface area contributed by atoms with Crippen molar-refractivity contribution in [2.24, 2.45) is 5.73 Å². The fourth-order valence-electron chi connectivity index (χ4n) is 1.65. The molecule has 0 aromatic heterocycles. The summed E-state index contributed by atoms with van der Waals surface area (Å²) < 4.78 is 19.4. The monoisotopic (exact) mass is 283 g/mol. The van der Waals surface area contributed by atoms with Crippen LogP contribution in [0.4, 0.5) is 4.39 Å². The standard InChI is InChI=1S/C15H26FNOSi/c1-15(2,3)19(4,5)18-14(10-11-17)12-6-8-13(16)9-7-12/h6-9,14H,10-11,17H2,1-5H3. The lowest BCUT2D eigenvalue weighted by Crippen LogP contribution is -2.42. The van der Waals surface area contributed by atoms with Gasteiger partial charge in [0, 0.05) is 0 Å². The Morgan fingerprint density at radius 1 is 1.21 bits per heavy atom. The summed E-state index contributed by atoms with van der Waals surface area (Å²) in [6.07, 6.45) is 0.726. The molecule has 0 aliphatic heterocycles. The highest BCUT2D eigenvalue weighted by atomic mass is 28.4. The van der Waals surface area contributed by atoms with E-state index in [1.807, 2.05) is 0 Å². The number of hydrogen-bond donors (Lipinski definition) is 1. The first-order valence-corrected chi connectivity index (χ1v) is 9.71. The molecule has 19 heavy (non-hydrogen) atoms. The number of hydrogen-bond acceptors (Lipinski definition) is 2. The average Bonchev–Trinajstić information content (AvgIpc) is 2.27. The SMILES string of the molecule is CC(C)(C)[Si](C)(C)OC(CCN)c1ccc(F)cc1. The van der Waals surface area contributed by atoms with E-state index >= 15 is 0 Å². The van der Waals surface area contributed by atoms with E-state index in [1.165, 1.54) is 12.1 Å². The van der Waals surface area contributed by atoms with Gasteiger partial charge in [0.15, 0.2) is 8.32 Å². The van der Waals surface area contributed by atoms with Gasteiger partial charge in [-0.1, -0.05) is 32.9 Å². The van der Waals surface area contributed by atoms with Crippen LogP contribution in [0, 0.1) is 5.82 Å². The smallest absolute Gasteiger partial charge is 0.192 e. The van der Waals surface area contributed by atoms with Crippen molar-refractivity contribution in [3.63, 3.8) is 0 Å². The van der Waals surface area contributed by atoms with Crippen LogP contribution in [0.2, 0.25) is 18.1 Å². The van der Waals surface area contributed by atoms with Gasteiger partial charge in [0.1, 0.15) is 5.82 Å². The van der Waals surface area contributed by atoms with E-state index in [-0.39, 0.29) is 17.0 Å². The Morgan fingerprint density at radius 3 is 2.16 bits per heavy atom. The topological polar surface area (TPSA) is 35.2 Å². The molecule has 4 heteroatoms. The van der Waals surface area contributed by atoms with Crippen molar-refractivity contribution >= 4 is 8.32 Å². The molecule has 2 N–H and O–H groups in total. The third kappa shape index (κ3) is 4.40. The van der Waals surface area contributed by atoms with Crippen molar-refractivity contribution in [1.29, 1.82) is 0 Å². The summed E-state index contributed by atoms with van der Waals surface area (Å²) in [6.45, 7) is 11.6. The first-order valence-electron chi connectivity index (χ1n) is 6.81. The van der Waals surface area contributed by atoms with E-state index in [0.717, 1.165) is 12.0 Å². The third-order valence-electron chi connectivity index (χ3n) is 3.91. The summed E-state index contributed by atoms with van der Waals surface area (Å²) in [6, 6.07) is 6.55. The van der Waals surface area contributed by atoms with Gasteiger partial charge in [-0.2, -0.15) is 0 Å². The maximum absolute atomic E-state index is 13.0.